The van der Waals surface area contributed by atoms with Crippen molar-refractivity contribution in [1.82, 2.24) is 0 Å². The zero-order valence-corrected chi connectivity index (χ0v) is 13.8. The number of aryl methyl sites for hydroxylation is 1. The summed E-state index contributed by atoms with van der Waals surface area (Å²) in [6.07, 6.45) is 6.43. The molecule has 1 heterocycles. The third-order valence-electron chi connectivity index (χ3n) is 4.06. The molecule has 0 unspecified atom stereocenters. The van der Waals surface area contributed by atoms with Crippen LogP contribution in [-0.2, 0) is 6.42 Å². The lowest BCUT2D eigenvalue weighted by atomic mass is 10.0. The van der Waals surface area contributed by atoms with Crippen molar-refractivity contribution >= 4 is 21.4 Å². The topological polar surface area (TPSA) is 20.2 Å². The van der Waals surface area contributed by atoms with Gasteiger partial charge in [0.15, 0.2) is 0 Å². The second-order valence-corrected chi connectivity index (χ2v) is 6.92. The molecule has 0 aliphatic carbocycles. The van der Waals surface area contributed by atoms with Gasteiger partial charge < -0.3 is 5.11 Å². The zero-order valence-electron chi connectivity index (χ0n) is 13.0. The van der Waals surface area contributed by atoms with Crippen molar-refractivity contribution in [3.05, 3.63) is 54.1 Å². The van der Waals surface area contributed by atoms with Crippen molar-refractivity contribution in [3.63, 3.8) is 0 Å². The Morgan fingerprint density at radius 3 is 2.50 bits per heavy atom. The van der Waals surface area contributed by atoms with E-state index in [9.17, 15) is 5.11 Å². The second kappa shape index (κ2) is 6.97. The average molecular weight is 310 g/mol. The van der Waals surface area contributed by atoms with Gasteiger partial charge in [-0.1, -0.05) is 50.5 Å². The molecule has 1 nitrogen and oxygen atoms in total. The number of thiophene rings is 1. The maximum atomic E-state index is 9.57. The van der Waals surface area contributed by atoms with E-state index < -0.39 is 0 Å². The maximum absolute atomic E-state index is 9.57. The molecule has 3 aromatic rings. The first-order chi connectivity index (χ1) is 10.8. The maximum Gasteiger partial charge on any atom is 0.117 e. The first kappa shape index (κ1) is 15.1. The Bertz CT molecular complexity index is 740. The lowest BCUT2D eigenvalue weighted by Crippen LogP contribution is -1.85. The van der Waals surface area contributed by atoms with Crippen LogP contribution >= 0.6 is 11.3 Å². The first-order valence-corrected chi connectivity index (χ1v) is 8.90. The van der Waals surface area contributed by atoms with E-state index in [0.29, 0.717) is 5.75 Å². The van der Waals surface area contributed by atoms with Crippen LogP contribution in [0.5, 0.6) is 5.75 Å². The molecule has 22 heavy (non-hydrogen) atoms. The molecule has 0 saturated carbocycles. The highest BCUT2D eigenvalue weighted by Gasteiger charge is 2.05. The molecule has 0 spiro atoms. The number of benzene rings is 2. The fourth-order valence-electron chi connectivity index (χ4n) is 2.75. The van der Waals surface area contributed by atoms with E-state index in [4.69, 9.17) is 0 Å². The lowest BCUT2D eigenvalue weighted by Gasteiger charge is -2.03. The third kappa shape index (κ3) is 3.50. The monoisotopic (exact) mass is 310 g/mol. The molecule has 0 atom stereocenters. The van der Waals surface area contributed by atoms with Gasteiger partial charge in [-0.25, -0.2) is 0 Å². The zero-order chi connectivity index (χ0) is 15.4. The van der Waals surface area contributed by atoms with Crippen molar-refractivity contribution in [2.75, 3.05) is 0 Å². The van der Waals surface area contributed by atoms with Gasteiger partial charge in [0.2, 0.25) is 0 Å². The van der Waals surface area contributed by atoms with Gasteiger partial charge in [0.05, 0.1) is 0 Å². The van der Waals surface area contributed by atoms with Crippen molar-refractivity contribution < 1.29 is 5.11 Å². The molecular weight excluding hydrogens is 288 g/mol. The molecule has 0 amide bonds. The number of phenols is 1. The fourth-order valence-corrected chi connectivity index (χ4v) is 3.85. The number of aromatic hydroxyl groups is 1. The van der Waals surface area contributed by atoms with Crippen molar-refractivity contribution in [2.45, 2.75) is 39.0 Å². The Hall–Kier alpha value is -1.80. The largest absolute Gasteiger partial charge is 0.508 e. The molecule has 0 fully saturated rings. The van der Waals surface area contributed by atoms with Crippen molar-refractivity contribution in [1.29, 1.82) is 0 Å². The average Bonchev–Trinajstić information content (AvgIpc) is 2.95. The second-order valence-electron chi connectivity index (χ2n) is 5.84. The molecule has 1 aromatic heterocycles. The van der Waals surface area contributed by atoms with E-state index in [1.807, 2.05) is 12.1 Å². The Kier molecular flexibility index (Phi) is 4.79. The van der Waals surface area contributed by atoms with E-state index in [0.717, 1.165) is 4.70 Å². The number of fused-ring (bicyclic) bond motifs is 1. The Morgan fingerprint density at radius 2 is 1.73 bits per heavy atom. The van der Waals surface area contributed by atoms with Gasteiger partial charge in [-0.2, -0.15) is 0 Å². The van der Waals surface area contributed by atoms with Crippen LogP contribution in [0.4, 0.5) is 0 Å². The standard InChI is InChI=1S/C20H22OS/c1-2-3-4-5-6-15-7-9-16(10-8-15)19-13-17-11-12-18(21)14-20(17)22-19/h7-14,21H,2-6H2,1H3. The number of unbranched alkanes of at least 4 members (excludes halogenated alkanes) is 3. The highest BCUT2D eigenvalue weighted by atomic mass is 32.1. The van der Waals surface area contributed by atoms with Gasteiger partial charge in [-0.05, 0) is 53.6 Å². The molecule has 0 aliphatic rings. The predicted molar refractivity (Wildman–Crippen MR) is 96.8 cm³/mol. The lowest BCUT2D eigenvalue weighted by molar-refractivity contribution is 0.476. The SMILES string of the molecule is CCCCCCc1ccc(-c2cc3ccc(O)cc3s2)cc1. The summed E-state index contributed by atoms with van der Waals surface area (Å²) in [4.78, 5) is 1.26. The van der Waals surface area contributed by atoms with Crippen LogP contribution in [0.3, 0.4) is 0 Å². The minimum absolute atomic E-state index is 0.336. The molecule has 0 saturated heterocycles. The van der Waals surface area contributed by atoms with Crippen molar-refractivity contribution in [3.8, 4) is 16.2 Å². The number of hydrogen-bond donors (Lipinski definition) is 1. The third-order valence-corrected chi connectivity index (χ3v) is 5.21. The van der Waals surface area contributed by atoms with E-state index in [1.165, 1.54) is 53.5 Å². The smallest absolute Gasteiger partial charge is 0.117 e. The Labute approximate surface area is 136 Å². The van der Waals surface area contributed by atoms with E-state index >= 15 is 0 Å². The van der Waals surface area contributed by atoms with E-state index in [2.05, 4.69) is 37.3 Å². The molecule has 114 valence electrons. The van der Waals surface area contributed by atoms with Crippen LogP contribution in [0.2, 0.25) is 0 Å². The number of rotatable bonds is 6. The van der Waals surface area contributed by atoms with Gasteiger partial charge in [0.1, 0.15) is 5.75 Å². The predicted octanol–water partition coefficient (Wildman–Crippen LogP) is 6.40. The van der Waals surface area contributed by atoms with Gasteiger partial charge in [-0.15, -0.1) is 11.3 Å². The highest BCUT2D eigenvalue weighted by Crippen LogP contribution is 2.35. The van der Waals surface area contributed by atoms with Crippen LogP contribution in [0.1, 0.15) is 38.2 Å². The summed E-state index contributed by atoms with van der Waals surface area (Å²) in [6.45, 7) is 2.25. The molecule has 2 heteroatoms. The van der Waals surface area contributed by atoms with Crippen LogP contribution in [0.25, 0.3) is 20.5 Å². The molecule has 0 aliphatic heterocycles. The summed E-state index contributed by atoms with van der Waals surface area (Å²) in [5.74, 6) is 0.336. The molecule has 0 bridgehead atoms. The summed E-state index contributed by atoms with van der Waals surface area (Å²) < 4.78 is 1.14. The quantitative estimate of drug-likeness (QED) is 0.522. The van der Waals surface area contributed by atoms with Crippen LogP contribution in [0.15, 0.2) is 48.5 Å². The molecule has 3 rings (SSSR count). The minimum atomic E-state index is 0.336. The Balaban J connectivity index is 1.73. The summed E-state index contributed by atoms with van der Waals surface area (Å²) in [5.41, 5.74) is 2.69. The number of hydrogen-bond acceptors (Lipinski definition) is 2. The summed E-state index contributed by atoms with van der Waals surface area (Å²) in [7, 11) is 0. The number of phenolic OH excluding ortho intramolecular Hbond substituents is 1. The molecule has 2 aromatic carbocycles. The summed E-state index contributed by atoms with van der Waals surface area (Å²) >= 11 is 1.73. The minimum Gasteiger partial charge on any atom is -0.508 e. The molecule has 1 N–H and O–H groups in total. The first-order valence-electron chi connectivity index (χ1n) is 8.08. The van der Waals surface area contributed by atoms with Gasteiger partial charge in [0.25, 0.3) is 0 Å². The highest BCUT2D eigenvalue weighted by molar-refractivity contribution is 7.22. The van der Waals surface area contributed by atoms with Gasteiger partial charge in [-0.3, -0.25) is 0 Å². The van der Waals surface area contributed by atoms with Crippen LogP contribution in [0, 0.1) is 0 Å². The summed E-state index contributed by atoms with van der Waals surface area (Å²) in [6, 6.07) is 16.7. The molecule has 0 radical (unpaired) electrons. The van der Waals surface area contributed by atoms with Gasteiger partial charge in [0, 0.05) is 9.58 Å². The van der Waals surface area contributed by atoms with Gasteiger partial charge >= 0.3 is 0 Å². The normalized spacial score (nSPS) is 11.1. The van der Waals surface area contributed by atoms with Crippen molar-refractivity contribution in [2.24, 2.45) is 0 Å². The van der Waals surface area contributed by atoms with E-state index in [-0.39, 0.29) is 0 Å². The molecular formula is C20H22OS. The fraction of sp³-hybridized carbons (Fsp3) is 0.300. The van der Waals surface area contributed by atoms with Crippen LogP contribution < -0.4 is 0 Å². The van der Waals surface area contributed by atoms with Crippen LogP contribution in [-0.4, -0.2) is 5.11 Å². The summed E-state index contributed by atoms with van der Waals surface area (Å²) in [5, 5.41) is 10.8. The van der Waals surface area contributed by atoms with E-state index in [1.54, 1.807) is 17.4 Å². The Morgan fingerprint density at radius 1 is 0.909 bits per heavy atom.